The van der Waals surface area contributed by atoms with E-state index in [-0.39, 0.29) is 18.6 Å². The lowest BCUT2D eigenvalue weighted by atomic mass is 9.78. The van der Waals surface area contributed by atoms with Crippen LogP contribution in [0.2, 0.25) is 0 Å². The second-order valence-corrected chi connectivity index (χ2v) is 6.66. The predicted octanol–water partition coefficient (Wildman–Crippen LogP) is 3.19. The Morgan fingerprint density at radius 2 is 1.92 bits per heavy atom. The first kappa shape index (κ1) is 19.0. The van der Waals surface area contributed by atoms with Crippen molar-refractivity contribution in [2.24, 2.45) is 11.8 Å². The Balaban J connectivity index is 1.75. The molecule has 1 aromatic carbocycles. The van der Waals surface area contributed by atoms with Gasteiger partial charge in [-0.3, -0.25) is 4.79 Å². The second kappa shape index (κ2) is 9.25. The van der Waals surface area contributed by atoms with Crippen LogP contribution in [0.4, 0.5) is 0 Å². The first-order chi connectivity index (χ1) is 12.0. The first-order valence-corrected chi connectivity index (χ1v) is 8.78. The van der Waals surface area contributed by atoms with Crippen molar-refractivity contribution in [3.63, 3.8) is 0 Å². The standard InChI is InChI=1S/C20H27NO4/c1-14-5-4-6-18(15(14)2)21-19(22)13-25-20(23)12-9-16-7-10-17(24-3)11-8-16/h7-12,14-15,18H,4-6,13H2,1-3H3,(H,21,22)/b12-9+/t14-,15-,18-/m1/s1. The molecule has 0 saturated heterocycles. The summed E-state index contributed by atoms with van der Waals surface area (Å²) in [6.45, 7) is 4.13. The van der Waals surface area contributed by atoms with Gasteiger partial charge in [-0.25, -0.2) is 4.79 Å². The van der Waals surface area contributed by atoms with Crippen LogP contribution in [-0.4, -0.2) is 31.6 Å². The smallest absolute Gasteiger partial charge is 0.331 e. The highest BCUT2D eigenvalue weighted by atomic mass is 16.5. The van der Waals surface area contributed by atoms with Gasteiger partial charge in [0, 0.05) is 12.1 Å². The summed E-state index contributed by atoms with van der Waals surface area (Å²) >= 11 is 0. The molecule has 1 aromatic rings. The molecule has 0 aliphatic heterocycles. The van der Waals surface area contributed by atoms with Crippen LogP contribution in [0.3, 0.4) is 0 Å². The van der Waals surface area contributed by atoms with Gasteiger partial charge in [0.2, 0.25) is 0 Å². The van der Waals surface area contributed by atoms with Crippen molar-refractivity contribution in [3.8, 4) is 5.75 Å². The van der Waals surface area contributed by atoms with Gasteiger partial charge in [-0.05, 0) is 42.0 Å². The van der Waals surface area contributed by atoms with Gasteiger partial charge in [0.25, 0.3) is 5.91 Å². The number of carbonyl (C=O) groups excluding carboxylic acids is 2. The molecule has 0 spiro atoms. The quantitative estimate of drug-likeness (QED) is 0.635. The fraction of sp³-hybridized carbons (Fsp3) is 0.500. The molecule has 1 aliphatic carbocycles. The third-order valence-electron chi connectivity index (χ3n) is 4.93. The van der Waals surface area contributed by atoms with Gasteiger partial charge in [0.15, 0.2) is 6.61 Å². The topological polar surface area (TPSA) is 64.6 Å². The number of carbonyl (C=O) groups is 2. The molecule has 136 valence electrons. The molecule has 0 unspecified atom stereocenters. The first-order valence-electron chi connectivity index (χ1n) is 8.78. The molecule has 5 heteroatoms. The van der Waals surface area contributed by atoms with E-state index in [0.29, 0.717) is 11.8 Å². The Morgan fingerprint density at radius 3 is 2.60 bits per heavy atom. The summed E-state index contributed by atoms with van der Waals surface area (Å²) in [6, 6.07) is 7.46. The van der Waals surface area contributed by atoms with Crippen molar-refractivity contribution in [2.75, 3.05) is 13.7 Å². The van der Waals surface area contributed by atoms with E-state index >= 15 is 0 Å². The monoisotopic (exact) mass is 345 g/mol. The largest absolute Gasteiger partial charge is 0.497 e. The molecule has 0 heterocycles. The average molecular weight is 345 g/mol. The molecule has 0 radical (unpaired) electrons. The van der Waals surface area contributed by atoms with Crippen LogP contribution in [0.1, 0.15) is 38.7 Å². The van der Waals surface area contributed by atoms with Crippen LogP contribution in [0.25, 0.3) is 6.08 Å². The Kier molecular flexibility index (Phi) is 7.04. The van der Waals surface area contributed by atoms with E-state index in [4.69, 9.17) is 9.47 Å². The zero-order chi connectivity index (χ0) is 18.2. The van der Waals surface area contributed by atoms with Gasteiger partial charge in [0.05, 0.1) is 7.11 Å². The number of hydrogen-bond donors (Lipinski definition) is 1. The number of rotatable bonds is 6. The molecular formula is C20H27NO4. The molecule has 1 aliphatic rings. The third-order valence-corrected chi connectivity index (χ3v) is 4.93. The lowest BCUT2D eigenvalue weighted by molar-refractivity contribution is -0.144. The SMILES string of the molecule is COc1ccc(/C=C/C(=O)OCC(=O)N[C@@H]2CCC[C@@H](C)[C@H]2C)cc1. The summed E-state index contributed by atoms with van der Waals surface area (Å²) in [6.07, 6.45) is 6.28. The molecule has 1 fully saturated rings. The van der Waals surface area contributed by atoms with Crippen LogP contribution >= 0.6 is 0 Å². The highest BCUT2D eigenvalue weighted by molar-refractivity contribution is 5.89. The number of nitrogens with one attached hydrogen (secondary N) is 1. The fourth-order valence-electron chi connectivity index (χ4n) is 3.10. The van der Waals surface area contributed by atoms with E-state index in [0.717, 1.165) is 24.2 Å². The second-order valence-electron chi connectivity index (χ2n) is 6.66. The van der Waals surface area contributed by atoms with E-state index < -0.39 is 5.97 Å². The molecular weight excluding hydrogens is 318 g/mol. The van der Waals surface area contributed by atoms with Crippen LogP contribution in [-0.2, 0) is 14.3 Å². The molecule has 1 amide bonds. The number of methoxy groups -OCH3 is 1. The van der Waals surface area contributed by atoms with Gasteiger partial charge in [-0.15, -0.1) is 0 Å². The van der Waals surface area contributed by atoms with Crippen LogP contribution in [0.5, 0.6) is 5.75 Å². The zero-order valence-corrected chi connectivity index (χ0v) is 15.2. The Morgan fingerprint density at radius 1 is 1.20 bits per heavy atom. The molecule has 5 nitrogen and oxygen atoms in total. The van der Waals surface area contributed by atoms with Gasteiger partial charge in [-0.2, -0.15) is 0 Å². The van der Waals surface area contributed by atoms with Crippen molar-refractivity contribution >= 4 is 18.0 Å². The van der Waals surface area contributed by atoms with Crippen molar-refractivity contribution in [2.45, 2.75) is 39.2 Å². The normalized spacial score (nSPS) is 23.2. The van der Waals surface area contributed by atoms with Gasteiger partial charge in [-0.1, -0.05) is 38.8 Å². The molecule has 0 bridgehead atoms. The number of amides is 1. The van der Waals surface area contributed by atoms with E-state index in [1.165, 1.54) is 12.5 Å². The number of benzene rings is 1. The van der Waals surface area contributed by atoms with Crippen molar-refractivity contribution in [1.29, 1.82) is 0 Å². The summed E-state index contributed by atoms with van der Waals surface area (Å²) in [4.78, 5) is 23.7. The van der Waals surface area contributed by atoms with E-state index in [1.807, 2.05) is 24.3 Å². The fourth-order valence-corrected chi connectivity index (χ4v) is 3.10. The maximum atomic E-state index is 12.0. The van der Waals surface area contributed by atoms with E-state index in [1.54, 1.807) is 13.2 Å². The maximum absolute atomic E-state index is 12.0. The predicted molar refractivity (Wildman–Crippen MR) is 97.1 cm³/mol. The Labute approximate surface area is 149 Å². The van der Waals surface area contributed by atoms with E-state index in [2.05, 4.69) is 19.2 Å². The van der Waals surface area contributed by atoms with Crippen molar-refractivity contribution < 1.29 is 19.1 Å². The number of ether oxygens (including phenoxy) is 2. The minimum Gasteiger partial charge on any atom is -0.497 e. The zero-order valence-electron chi connectivity index (χ0n) is 15.2. The third kappa shape index (κ3) is 5.93. The average Bonchev–Trinajstić information content (AvgIpc) is 2.62. The van der Waals surface area contributed by atoms with Crippen LogP contribution < -0.4 is 10.1 Å². The maximum Gasteiger partial charge on any atom is 0.331 e. The van der Waals surface area contributed by atoms with Crippen LogP contribution in [0, 0.1) is 11.8 Å². The molecule has 25 heavy (non-hydrogen) atoms. The Hall–Kier alpha value is -2.30. The number of hydrogen-bond acceptors (Lipinski definition) is 4. The minimum absolute atomic E-state index is 0.171. The highest BCUT2D eigenvalue weighted by Gasteiger charge is 2.28. The highest BCUT2D eigenvalue weighted by Crippen LogP contribution is 2.29. The van der Waals surface area contributed by atoms with Crippen molar-refractivity contribution in [3.05, 3.63) is 35.9 Å². The molecule has 1 N–H and O–H groups in total. The Bertz CT molecular complexity index is 609. The van der Waals surface area contributed by atoms with Gasteiger partial charge >= 0.3 is 5.97 Å². The minimum atomic E-state index is -0.531. The summed E-state index contributed by atoms with van der Waals surface area (Å²) in [7, 11) is 1.60. The van der Waals surface area contributed by atoms with Gasteiger partial charge in [0.1, 0.15) is 5.75 Å². The molecule has 1 saturated carbocycles. The lowest BCUT2D eigenvalue weighted by Gasteiger charge is -2.34. The summed E-state index contributed by atoms with van der Waals surface area (Å²) in [5, 5.41) is 2.99. The van der Waals surface area contributed by atoms with Gasteiger partial charge < -0.3 is 14.8 Å². The molecule has 2 rings (SSSR count). The number of esters is 1. The molecule has 0 aromatic heterocycles. The lowest BCUT2D eigenvalue weighted by Crippen LogP contribution is -2.45. The van der Waals surface area contributed by atoms with Crippen molar-refractivity contribution in [1.82, 2.24) is 5.32 Å². The molecule has 3 atom stereocenters. The summed E-state index contributed by atoms with van der Waals surface area (Å²) < 4.78 is 10.1. The summed E-state index contributed by atoms with van der Waals surface area (Å²) in [5.41, 5.74) is 0.854. The van der Waals surface area contributed by atoms with E-state index in [9.17, 15) is 9.59 Å². The van der Waals surface area contributed by atoms with Crippen LogP contribution in [0.15, 0.2) is 30.3 Å². The summed E-state index contributed by atoms with van der Waals surface area (Å²) in [5.74, 6) is 1.04.